The van der Waals surface area contributed by atoms with Crippen LogP contribution in [-0.2, 0) is 6.42 Å². The Balaban J connectivity index is 1.84. The molecule has 0 aliphatic heterocycles. The Morgan fingerprint density at radius 2 is 2.31 bits per heavy atom. The van der Waals surface area contributed by atoms with E-state index in [2.05, 4.69) is 43.6 Å². The number of aryl methyl sites for hydroxylation is 1. The van der Waals surface area contributed by atoms with Crippen LogP contribution in [0.4, 0.5) is 0 Å². The fourth-order valence-electron chi connectivity index (χ4n) is 2.66. The molecule has 0 bridgehead atoms. The number of hydrogen-bond donors (Lipinski definition) is 1. The van der Waals surface area contributed by atoms with Gasteiger partial charge in [-0.2, -0.15) is 0 Å². The molecule has 1 aliphatic rings. The minimum absolute atomic E-state index is 0.586. The highest BCUT2D eigenvalue weighted by Gasteiger charge is 2.49. The topological polar surface area (TPSA) is 12.0 Å². The van der Waals surface area contributed by atoms with Crippen LogP contribution in [-0.4, -0.2) is 12.6 Å². The number of hydrogen-bond acceptors (Lipinski definition) is 2. The van der Waals surface area contributed by atoms with Crippen LogP contribution < -0.4 is 5.32 Å². The predicted molar refractivity (Wildman–Crippen MR) is 72.0 cm³/mol. The maximum Gasteiger partial charge on any atom is 0.0104 e. The third-order valence-corrected chi connectivity index (χ3v) is 4.76. The zero-order chi connectivity index (χ0) is 11.6. The van der Waals surface area contributed by atoms with Crippen molar-refractivity contribution in [3.63, 3.8) is 0 Å². The Morgan fingerprint density at radius 1 is 1.56 bits per heavy atom. The Kier molecular flexibility index (Phi) is 3.70. The molecular weight excluding hydrogens is 214 g/mol. The highest BCUT2D eigenvalue weighted by molar-refractivity contribution is 7.09. The van der Waals surface area contributed by atoms with Gasteiger partial charge >= 0.3 is 0 Å². The van der Waals surface area contributed by atoms with E-state index in [1.165, 1.54) is 24.1 Å². The summed E-state index contributed by atoms with van der Waals surface area (Å²) in [6.07, 6.45) is 3.93. The maximum absolute atomic E-state index is 3.67. The summed E-state index contributed by atoms with van der Waals surface area (Å²) < 4.78 is 0. The smallest absolute Gasteiger partial charge is 0.0104 e. The third kappa shape index (κ3) is 2.86. The van der Waals surface area contributed by atoms with E-state index in [9.17, 15) is 0 Å². The van der Waals surface area contributed by atoms with Crippen LogP contribution in [0, 0.1) is 11.3 Å². The van der Waals surface area contributed by atoms with Crippen LogP contribution in [0.2, 0.25) is 0 Å². The molecule has 0 spiro atoms. The van der Waals surface area contributed by atoms with Crippen LogP contribution in [0.5, 0.6) is 0 Å². The normalized spacial score (nSPS) is 24.3. The van der Waals surface area contributed by atoms with E-state index >= 15 is 0 Å². The molecular formula is C14H23NS. The summed E-state index contributed by atoms with van der Waals surface area (Å²) in [4.78, 5) is 1.53. The molecule has 16 heavy (non-hydrogen) atoms. The van der Waals surface area contributed by atoms with Gasteiger partial charge in [-0.1, -0.05) is 26.8 Å². The summed E-state index contributed by atoms with van der Waals surface area (Å²) in [5.74, 6) is 0.896. The van der Waals surface area contributed by atoms with Crippen molar-refractivity contribution in [3.8, 4) is 0 Å². The van der Waals surface area contributed by atoms with Crippen LogP contribution in [0.3, 0.4) is 0 Å². The van der Waals surface area contributed by atoms with Crippen LogP contribution in [0.15, 0.2) is 17.5 Å². The largest absolute Gasteiger partial charge is 0.314 e. The Morgan fingerprint density at radius 3 is 2.81 bits per heavy atom. The third-order valence-electron chi connectivity index (χ3n) is 3.82. The number of nitrogens with one attached hydrogen (secondary N) is 1. The first-order valence-corrected chi connectivity index (χ1v) is 7.27. The standard InChI is InChI=1S/C14H23NS/c1-4-15-13(12-10-14(12,2)3)8-7-11-6-5-9-16-11/h5-6,9,12-13,15H,4,7-8,10H2,1-3H3. The molecule has 2 heteroatoms. The molecule has 1 fully saturated rings. The van der Waals surface area contributed by atoms with Gasteiger partial charge in [-0.05, 0) is 48.6 Å². The van der Waals surface area contributed by atoms with E-state index in [1.54, 1.807) is 0 Å². The van der Waals surface area contributed by atoms with Gasteiger partial charge in [-0.15, -0.1) is 11.3 Å². The molecule has 2 rings (SSSR count). The minimum atomic E-state index is 0.586. The Labute approximate surface area is 103 Å². The lowest BCUT2D eigenvalue weighted by Crippen LogP contribution is -2.32. The van der Waals surface area contributed by atoms with Gasteiger partial charge in [-0.25, -0.2) is 0 Å². The van der Waals surface area contributed by atoms with Gasteiger partial charge in [0.15, 0.2) is 0 Å². The van der Waals surface area contributed by atoms with E-state index in [4.69, 9.17) is 0 Å². The van der Waals surface area contributed by atoms with Gasteiger partial charge in [0.1, 0.15) is 0 Å². The molecule has 0 saturated heterocycles. The van der Waals surface area contributed by atoms with Crippen molar-refractivity contribution in [2.45, 2.75) is 46.1 Å². The van der Waals surface area contributed by atoms with Gasteiger partial charge in [0.05, 0.1) is 0 Å². The van der Waals surface area contributed by atoms with E-state index in [-0.39, 0.29) is 0 Å². The fourth-order valence-corrected chi connectivity index (χ4v) is 3.38. The van der Waals surface area contributed by atoms with Crippen molar-refractivity contribution in [1.29, 1.82) is 0 Å². The monoisotopic (exact) mass is 237 g/mol. The maximum atomic E-state index is 3.67. The van der Waals surface area contributed by atoms with Crippen molar-refractivity contribution in [2.24, 2.45) is 11.3 Å². The summed E-state index contributed by atoms with van der Waals surface area (Å²) in [6.45, 7) is 8.11. The van der Waals surface area contributed by atoms with Crippen LogP contribution in [0.1, 0.15) is 38.5 Å². The summed E-state index contributed by atoms with van der Waals surface area (Å²) in [5.41, 5.74) is 0.586. The molecule has 1 nitrogen and oxygen atoms in total. The molecule has 90 valence electrons. The molecule has 1 heterocycles. The van der Waals surface area contributed by atoms with Gasteiger partial charge < -0.3 is 5.32 Å². The Bertz CT molecular complexity index is 315. The molecule has 1 aromatic heterocycles. The minimum Gasteiger partial charge on any atom is -0.314 e. The molecule has 1 saturated carbocycles. The summed E-state index contributed by atoms with van der Waals surface area (Å²) in [7, 11) is 0. The van der Waals surface area contributed by atoms with Crippen molar-refractivity contribution in [3.05, 3.63) is 22.4 Å². The number of thiophene rings is 1. The summed E-state index contributed by atoms with van der Waals surface area (Å²) in [5, 5.41) is 5.85. The predicted octanol–water partition coefficient (Wildman–Crippen LogP) is 3.70. The fraction of sp³-hybridized carbons (Fsp3) is 0.714. The second-order valence-corrected chi connectivity index (χ2v) is 6.61. The van der Waals surface area contributed by atoms with E-state index in [1.807, 2.05) is 11.3 Å². The first kappa shape index (κ1) is 12.1. The molecule has 2 unspecified atom stereocenters. The quantitative estimate of drug-likeness (QED) is 0.795. The van der Waals surface area contributed by atoms with E-state index in [0.717, 1.165) is 18.5 Å². The lowest BCUT2D eigenvalue weighted by Gasteiger charge is -2.19. The van der Waals surface area contributed by atoms with Crippen LogP contribution in [0.25, 0.3) is 0 Å². The van der Waals surface area contributed by atoms with E-state index < -0.39 is 0 Å². The van der Waals surface area contributed by atoms with Crippen LogP contribution >= 0.6 is 11.3 Å². The average molecular weight is 237 g/mol. The van der Waals surface area contributed by atoms with Crippen molar-refractivity contribution in [1.82, 2.24) is 5.32 Å². The highest BCUT2D eigenvalue weighted by atomic mass is 32.1. The lowest BCUT2D eigenvalue weighted by atomic mass is 9.99. The van der Waals surface area contributed by atoms with E-state index in [0.29, 0.717) is 5.41 Å². The lowest BCUT2D eigenvalue weighted by molar-refractivity contribution is 0.392. The molecule has 0 amide bonds. The van der Waals surface area contributed by atoms with Gasteiger partial charge in [0.2, 0.25) is 0 Å². The summed E-state index contributed by atoms with van der Waals surface area (Å²) >= 11 is 1.89. The van der Waals surface area contributed by atoms with Crippen molar-refractivity contribution in [2.75, 3.05) is 6.54 Å². The van der Waals surface area contributed by atoms with Crippen molar-refractivity contribution >= 4 is 11.3 Å². The second kappa shape index (κ2) is 4.89. The number of rotatable bonds is 6. The molecule has 0 aromatic carbocycles. The SMILES string of the molecule is CCNC(CCc1cccs1)C1CC1(C)C. The Hall–Kier alpha value is -0.340. The molecule has 2 atom stereocenters. The molecule has 0 radical (unpaired) electrons. The molecule has 1 aromatic rings. The van der Waals surface area contributed by atoms with Gasteiger partial charge in [-0.3, -0.25) is 0 Å². The first-order valence-electron chi connectivity index (χ1n) is 6.39. The zero-order valence-corrected chi connectivity index (χ0v) is 11.4. The highest BCUT2D eigenvalue weighted by Crippen LogP contribution is 2.54. The van der Waals surface area contributed by atoms with Gasteiger partial charge in [0.25, 0.3) is 0 Å². The first-order chi connectivity index (χ1) is 7.63. The average Bonchev–Trinajstić information content (AvgIpc) is 2.68. The second-order valence-electron chi connectivity index (χ2n) is 5.58. The summed E-state index contributed by atoms with van der Waals surface area (Å²) in [6, 6.07) is 5.14. The molecule has 1 aliphatic carbocycles. The molecule has 1 N–H and O–H groups in total. The zero-order valence-electron chi connectivity index (χ0n) is 10.6. The van der Waals surface area contributed by atoms with Crippen molar-refractivity contribution < 1.29 is 0 Å². The van der Waals surface area contributed by atoms with Gasteiger partial charge in [0, 0.05) is 10.9 Å².